The molecule has 1 aliphatic carbocycles. The zero-order chi connectivity index (χ0) is 20.4. The Morgan fingerprint density at radius 1 is 0.862 bits per heavy atom. The van der Waals surface area contributed by atoms with Crippen LogP contribution >= 0.6 is 11.8 Å². The Balaban J connectivity index is 1.71. The van der Waals surface area contributed by atoms with Crippen LogP contribution in [0.1, 0.15) is 40.8 Å². The van der Waals surface area contributed by atoms with E-state index < -0.39 is 9.84 Å². The van der Waals surface area contributed by atoms with Crippen molar-refractivity contribution in [2.75, 3.05) is 0 Å². The second-order valence-electron chi connectivity index (χ2n) is 7.60. The highest BCUT2D eigenvalue weighted by atomic mass is 32.2. The van der Waals surface area contributed by atoms with Crippen molar-refractivity contribution in [3.05, 3.63) is 76.5 Å². The molecule has 0 amide bonds. The van der Waals surface area contributed by atoms with E-state index >= 15 is 0 Å². The molecule has 0 saturated heterocycles. The van der Waals surface area contributed by atoms with Gasteiger partial charge in [-0.05, 0) is 57.2 Å². The molecule has 2 aromatic carbocycles. The second kappa shape index (κ2) is 8.28. The van der Waals surface area contributed by atoms with E-state index in [9.17, 15) is 8.42 Å². The molecule has 0 bridgehead atoms. The molecule has 1 heterocycles. The average Bonchev–Trinajstić information content (AvgIpc) is 2.71. The van der Waals surface area contributed by atoms with Gasteiger partial charge in [-0.25, -0.2) is 18.4 Å². The smallest absolute Gasteiger partial charge is 0.223 e. The number of nitrogens with zero attached hydrogens (tertiary/aromatic N) is 2. The lowest BCUT2D eigenvalue weighted by Gasteiger charge is -2.19. The normalized spacial score (nSPS) is 13.9. The fourth-order valence-corrected chi connectivity index (χ4v) is 5.72. The van der Waals surface area contributed by atoms with Gasteiger partial charge in [0.05, 0.1) is 5.75 Å². The van der Waals surface area contributed by atoms with Crippen LogP contribution < -0.4 is 0 Å². The average molecular weight is 425 g/mol. The van der Waals surface area contributed by atoms with E-state index in [0.717, 1.165) is 58.0 Å². The highest BCUT2D eigenvalue weighted by Crippen LogP contribution is 2.34. The number of rotatable bonds is 5. The summed E-state index contributed by atoms with van der Waals surface area (Å²) in [7, 11) is -3.62. The molecule has 4 rings (SSSR count). The van der Waals surface area contributed by atoms with Gasteiger partial charge < -0.3 is 0 Å². The topological polar surface area (TPSA) is 59.9 Å². The SMILES string of the molecule is Cc1ccc(CS(=O)(=O)c2nc3c(c(Sc4ccc(C)cc4)n2)CCCC3)cc1. The molecule has 0 radical (unpaired) electrons. The van der Waals surface area contributed by atoms with Gasteiger partial charge in [-0.3, -0.25) is 0 Å². The summed E-state index contributed by atoms with van der Waals surface area (Å²) in [5.74, 6) is -0.0826. The summed E-state index contributed by atoms with van der Waals surface area (Å²) in [5, 5.41) is 0.731. The summed E-state index contributed by atoms with van der Waals surface area (Å²) in [5.41, 5.74) is 5.05. The Kier molecular flexibility index (Phi) is 5.74. The number of fused-ring (bicyclic) bond motifs is 1. The maximum Gasteiger partial charge on any atom is 0.248 e. The zero-order valence-electron chi connectivity index (χ0n) is 16.7. The molecule has 0 aliphatic heterocycles. The summed E-state index contributed by atoms with van der Waals surface area (Å²) in [4.78, 5) is 10.1. The molecule has 1 aliphatic rings. The molecule has 6 heteroatoms. The van der Waals surface area contributed by atoms with Gasteiger partial charge in [-0.1, -0.05) is 59.3 Å². The molecule has 0 spiro atoms. The molecule has 150 valence electrons. The van der Waals surface area contributed by atoms with Gasteiger partial charge in [0.15, 0.2) is 0 Å². The molecule has 0 N–H and O–H groups in total. The van der Waals surface area contributed by atoms with Gasteiger partial charge in [0.1, 0.15) is 5.03 Å². The minimum absolute atomic E-state index is 0.0478. The fourth-order valence-electron chi connectivity index (χ4n) is 3.45. The maximum atomic E-state index is 13.1. The third-order valence-electron chi connectivity index (χ3n) is 5.12. The summed E-state index contributed by atoms with van der Waals surface area (Å²) in [6.07, 6.45) is 3.84. The lowest BCUT2D eigenvalue weighted by molar-refractivity contribution is 0.573. The van der Waals surface area contributed by atoms with Crippen LogP contribution in [0, 0.1) is 13.8 Å². The van der Waals surface area contributed by atoms with E-state index in [1.165, 1.54) is 17.3 Å². The van der Waals surface area contributed by atoms with Crippen LogP contribution in [0.4, 0.5) is 0 Å². The van der Waals surface area contributed by atoms with Crippen LogP contribution in [0.2, 0.25) is 0 Å². The summed E-state index contributed by atoms with van der Waals surface area (Å²) >= 11 is 1.53. The quantitative estimate of drug-likeness (QED) is 0.421. The minimum Gasteiger partial charge on any atom is -0.223 e. The number of hydrogen-bond donors (Lipinski definition) is 0. The van der Waals surface area contributed by atoms with Crippen LogP contribution in [0.15, 0.2) is 63.6 Å². The van der Waals surface area contributed by atoms with Crippen molar-refractivity contribution in [2.24, 2.45) is 0 Å². The molecule has 0 unspecified atom stereocenters. The third kappa shape index (κ3) is 4.70. The number of benzene rings is 2. The van der Waals surface area contributed by atoms with E-state index in [-0.39, 0.29) is 10.9 Å². The molecule has 4 nitrogen and oxygen atoms in total. The summed E-state index contributed by atoms with van der Waals surface area (Å²) in [6.45, 7) is 4.04. The van der Waals surface area contributed by atoms with Crippen molar-refractivity contribution in [1.82, 2.24) is 9.97 Å². The molecular formula is C23H24N2O2S2. The van der Waals surface area contributed by atoms with E-state index in [0.29, 0.717) is 0 Å². The predicted molar refractivity (Wildman–Crippen MR) is 116 cm³/mol. The third-order valence-corrected chi connectivity index (χ3v) is 7.61. The van der Waals surface area contributed by atoms with Crippen LogP contribution in [-0.4, -0.2) is 18.4 Å². The van der Waals surface area contributed by atoms with Crippen molar-refractivity contribution in [1.29, 1.82) is 0 Å². The van der Waals surface area contributed by atoms with Gasteiger partial charge in [0, 0.05) is 16.2 Å². The van der Waals surface area contributed by atoms with Crippen molar-refractivity contribution in [3.8, 4) is 0 Å². The first kappa shape index (κ1) is 20.1. The molecule has 29 heavy (non-hydrogen) atoms. The number of hydrogen-bond acceptors (Lipinski definition) is 5. The molecular weight excluding hydrogens is 400 g/mol. The minimum atomic E-state index is -3.62. The first-order valence-electron chi connectivity index (χ1n) is 9.83. The highest BCUT2D eigenvalue weighted by Gasteiger charge is 2.25. The Bertz CT molecular complexity index is 1120. The first-order chi connectivity index (χ1) is 13.9. The van der Waals surface area contributed by atoms with Gasteiger partial charge in [0.2, 0.25) is 15.0 Å². The molecule has 0 saturated carbocycles. The van der Waals surface area contributed by atoms with E-state index in [1.807, 2.05) is 31.2 Å². The van der Waals surface area contributed by atoms with Crippen LogP contribution in [0.25, 0.3) is 0 Å². The highest BCUT2D eigenvalue weighted by molar-refractivity contribution is 7.99. The monoisotopic (exact) mass is 424 g/mol. The summed E-state index contributed by atoms with van der Waals surface area (Å²) < 4.78 is 26.2. The van der Waals surface area contributed by atoms with Gasteiger partial charge in [0.25, 0.3) is 0 Å². The Hall–Kier alpha value is -2.18. The lowest BCUT2D eigenvalue weighted by Crippen LogP contribution is -2.16. The Morgan fingerprint density at radius 3 is 2.17 bits per heavy atom. The van der Waals surface area contributed by atoms with Crippen LogP contribution in [0.3, 0.4) is 0 Å². The standard InChI is InChI=1S/C23H24N2O2S2/c1-16-7-11-18(12-8-16)15-29(26,27)23-24-21-6-4-3-5-20(21)22(25-23)28-19-13-9-17(2)10-14-19/h7-14H,3-6,15H2,1-2H3. The van der Waals surface area contributed by atoms with Gasteiger partial charge in [-0.15, -0.1) is 0 Å². The second-order valence-corrected chi connectivity index (χ2v) is 10.5. The number of sulfone groups is 1. The van der Waals surface area contributed by atoms with Gasteiger partial charge >= 0.3 is 0 Å². The first-order valence-corrected chi connectivity index (χ1v) is 12.3. The largest absolute Gasteiger partial charge is 0.248 e. The van der Waals surface area contributed by atoms with Crippen LogP contribution in [-0.2, 0) is 28.4 Å². The maximum absolute atomic E-state index is 13.1. The van der Waals surface area contributed by atoms with Gasteiger partial charge in [-0.2, -0.15) is 0 Å². The molecule has 1 aromatic heterocycles. The number of aromatic nitrogens is 2. The van der Waals surface area contributed by atoms with E-state index in [4.69, 9.17) is 0 Å². The lowest BCUT2D eigenvalue weighted by atomic mass is 9.98. The van der Waals surface area contributed by atoms with Crippen molar-refractivity contribution < 1.29 is 8.42 Å². The van der Waals surface area contributed by atoms with Crippen LogP contribution in [0.5, 0.6) is 0 Å². The predicted octanol–water partition coefficient (Wildman–Crippen LogP) is 5.10. The van der Waals surface area contributed by atoms with Crippen molar-refractivity contribution in [2.45, 2.75) is 60.4 Å². The molecule has 0 fully saturated rings. The zero-order valence-corrected chi connectivity index (χ0v) is 18.3. The van der Waals surface area contributed by atoms with E-state index in [1.54, 1.807) is 0 Å². The Morgan fingerprint density at radius 2 is 1.48 bits per heavy atom. The van der Waals surface area contributed by atoms with Crippen molar-refractivity contribution in [3.63, 3.8) is 0 Å². The Labute approximate surface area is 176 Å². The number of aryl methyl sites for hydroxylation is 3. The van der Waals surface area contributed by atoms with Crippen molar-refractivity contribution >= 4 is 21.6 Å². The fraction of sp³-hybridized carbons (Fsp3) is 0.304. The molecule has 3 aromatic rings. The summed E-state index contributed by atoms with van der Waals surface area (Å²) in [6, 6.07) is 15.8. The molecule has 0 atom stereocenters. The van der Waals surface area contributed by atoms with E-state index in [2.05, 4.69) is 41.2 Å².